The monoisotopic (exact) mass is 334 g/mol. The van der Waals surface area contributed by atoms with Crippen molar-refractivity contribution in [3.8, 4) is 0 Å². The Kier molecular flexibility index (Phi) is 5.81. The van der Waals surface area contributed by atoms with Crippen LogP contribution < -0.4 is 5.32 Å². The number of nitrogens with one attached hydrogen (secondary N) is 1. The Labute approximate surface area is 138 Å². The second-order valence-corrected chi connectivity index (χ2v) is 6.36. The van der Waals surface area contributed by atoms with Gasteiger partial charge >= 0.3 is 0 Å². The Morgan fingerprint density at radius 3 is 2.87 bits per heavy atom. The Hall–Kier alpha value is -2.28. The van der Waals surface area contributed by atoms with Gasteiger partial charge in [0.15, 0.2) is 0 Å². The molecular weight excluding hydrogens is 316 g/mol. The summed E-state index contributed by atoms with van der Waals surface area (Å²) < 4.78 is 5.13. The number of hydrogen-bond donors (Lipinski definition) is 1. The maximum Gasteiger partial charge on any atom is 0.294 e. The molecule has 0 saturated carbocycles. The van der Waals surface area contributed by atoms with E-state index in [0.717, 1.165) is 16.7 Å². The van der Waals surface area contributed by atoms with Crippen LogP contribution in [0.25, 0.3) is 6.08 Å². The first kappa shape index (κ1) is 17.1. The molecule has 7 heteroatoms. The zero-order valence-corrected chi connectivity index (χ0v) is 13.8. The Bertz CT molecular complexity index is 647. The van der Waals surface area contributed by atoms with Crippen LogP contribution in [0.3, 0.4) is 0 Å². The molecule has 1 aromatic heterocycles. The highest BCUT2D eigenvalue weighted by molar-refractivity contribution is 8.18. The van der Waals surface area contributed by atoms with Crippen LogP contribution in [0.15, 0.2) is 39.9 Å². The van der Waals surface area contributed by atoms with E-state index < -0.39 is 11.1 Å². The van der Waals surface area contributed by atoms with Crippen LogP contribution in [-0.2, 0) is 9.59 Å². The first-order valence-corrected chi connectivity index (χ1v) is 8.01. The van der Waals surface area contributed by atoms with E-state index >= 15 is 0 Å². The third kappa shape index (κ3) is 4.85. The zero-order chi connectivity index (χ0) is 16.8. The average molecular weight is 334 g/mol. The predicted octanol–water partition coefficient (Wildman–Crippen LogP) is 2.64. The minimum absolute atomic E-state index is 0.253. The summed E-state index contributed by atoms with van der Waals surface area (Å²) in [6, 6.07) is 3.53. The Morgan fingerprint density at radius 1 is 1.43 bits per heavy atom. The maximum atomic E-state index is 12.2. The fourth-order valence-corrected chi connectivity index (χ4v) is 2.57. The van der Waals surface area contributed by atoms with Crippen molar-refractivity contribution in [2.45, 2.75) is 13.8 Å². The number of thioether (sulfide) groups is 1. The zero-order valence-electron chi connectivity index (χ0n) is 12.9. The fourth-order valence-electron chi connectivity index (χ4n) is 1.78. The molecule has 0 aliphatic carbocycles. The third-order valence-electron chi connectivity index (χ3n) is 2.93. The van der Waals surface area contributed by atoms with Crippen molar-refractivity contribution in [1.82, 2.24) is 10.2 Å². The summed E-state index contributed by atoms with van der Waals surface area (Å²) in [6.07, 6.45) is 6.40. The summed E-state index contributed by atoms with van der Waals surface area (Å²) in [5.74, 6) is 0.159. The molecule has 1 aliphatic rings. The van der Waals surface area contributed by atoms with Crippen LogP contribution in [0.5, 0.6) is 0 Å². The molecule has 0 atom stereocenters. The van der Waals surface area contributed by atoms with Crippen LogP contribution in [-0.4, -0.2) is 35.0 Å². The quantitative estimate of drug-likeness (QED) is 0.809. The average Bonchev–Trinajstić information content (AvgIpc) is 3.09. The summed E-state index contributed by atoms with van der Waals surface area (Å²) >= 11 is 0.822. The van der Waals surface area contributed by atoms with Crippen molar-refractivity contribution < 1.29 is 18.8 Å². The normalized spacial score (nSPS) is 17.0. The van der Waals surface area contributed by atoms with E-state index in [1.165, 1.54) is 0 Å². The maximum absolute atomic E-state index is 12.2. The summed E-state index contributed by atoms with van der Waals surface area (Å²) in [7, 11) is 0. The highest BCUT2D eigenvalue weighted by atomic mass is 32.2. The second kappa shape index (κ2) is 7.82. The fraction of sp³-hybridized carbons (Fsp3) is 0.312. The molecule has 3 amide bonds. The summed E-state index contributed by atoms with van der Waals surface area (Å²) in [6.45, 7) is 4.19. The smallest absolute Gasteiger partial charge is 0.294 e. The van der Waals surface area contributed by atoms with Gasteiger partial charge in [-0.25, -0.2) is 0 Å². The van der Waals surface area contributed by atoms with Crippen molar-refractivity contribution in [2.24, 2.45) is 5.92 Å². The van der Waals surface area contributed by atoms with Gasteiger partial charge in [0.2, 0.25) is 5.91 Å². The van der Waals surface area contributed by atoms with Crippen molar-refractivity contribution in [3.05, 3.63) is 41.2 Å². The van der Waals surface area contributed by atoms with E-state index in [0.29, 0.717) is 18.2 Å². The molecule has 0 radical (unpaired) electrons. The molecule has 1 fully saturated rings. The molecule has 2 rings (SSSR count). The largest absolute Gasteiger partial charge is 0.465 e. The number of hydrogen-bond acceptors (Lipinski definition) is 5. The van der Waals surface area contributed by atoms with E-state index in [2.05, 4.69) is 5.32 Å². The topological polar surface area (TPSA) is 79.6 Å². The molecule has 0 bridgehead atoms. The van der Waals surface area contributed by atoms with Crippen molar-refractivity contribution in [3.63, 3.8) is 0 Å². The standard InChI is InChI=1S/C16H18N2O4S/c1-11(2)9-17-14(19)10-18-15(20)13(23-16(18)21)7-3-5-12-6-4-8-22-12/h3-8,11H,9-10H2,1-2H3,(H,17,19)/b5-3+,13-7-. The van der Waals surface area contributed by atoms with Crippen LogP contribution in [0, 0.1) is 5.92 Å². The first-order valence-electron chi connectivity index (χ1n) is 7.19. The van der Waals surface area contributed by atoms with Gasteiger partial charge in [-0.15, -0.1) is 0 Å². The van der Waals surface area contributed by atoms with E-state index in [1.807, 2.05) is 13.8 Å². The van der Waals surface area contributed by atoms with Gasteiger partial charge in [0.25, 0.3) is 11.1 Å². The lowest BCUT2D eigenvalue weighted by Crippen LogP contribution is -2.40. The number of carbonyl (C=O) groups is 3. The van der Waals surface area contributed by atoms with Gasteiger partial charge in [-0.05, 0) is 42.0 Å². The molecule has 0 aromatic carbocycles. The Morgan fingerprint density at radius 2 is 2.22 bits per heavy atom. The lowest BCUT2D eigenvalue weighted by atomic mass is 10.2. The van der Waals surface area contributed by atoms with Gasteiger partial charge in [0.1, 0.15) is 12.3 Å². The number of rotatable bonds is 6. The van der Waals surface area contributed by atoms with E-state index in [1.54, 1.807) is 36.6 Å². The van der Waals surface area contributed by atoms with Gasteiger partial charge in [-0.1, -0.05) is 19.9 Å². The molecule has 0 spiro atoms. The number of allylic oxidation sites excluding steroid dienone is 2. The number of imide groups is 1. The van der Waals surface area contributed by atoms with Gasteiger partial charge in [0, 0.05) is 6.54 Å². The van der Waals surface area contributed by atoms with Gasteiger partial charge < -0.3 is 9.73 Å². The molecule has 1 aliphatic heterocycles. The van der Waals surface area contributed by atoms with Crippen LogP contribution in [0.1, 0.15) is 19.6 Å². The third-order valence-corrected chi connectivity index (χ3v) is 3.86. The summed E-state index contributed by atoms with van der Waals surface area (Å²) in [5.41, 5.74) is 0. The van der Waals surface area contributed by atoms with Crippen molar-refractivity contribution in [2.75, 3.05) is 13.1 Å². The molecular formula is C16H18N2O4S. The number of amides is 3. The van der Waals surface area contributed by atoms with Gasteiger partial charge in [-0.2, -0.15) is 0 Å². The minimum atomic E-state index is -0.455. The molecule has 23 heavy (non-hydrogen) atoms. The number of nitrogens with zero attached hydrogens (tertiary/aromatic N) is 1. The molecule has 1 aromatic rings. The molecule has 1 N–H and O–H groups in total. The summed E-state index contributed by atoms with van der Waals surface area (Å²) in [5, 5.41) is 2.25. The highest BCUT2D eigenvalue weighted by Crippen LogP contribution is 2.30. The van der Waals surface area contributed by atoms with E-state index in [-0.39, 0.29) is 17.4 Å². The molecule has 0 unspecified atom stereocenters. The predicted molar refractivity (Wildman–Crippen MR) is 88.4 cm³/mol. The van der Waals surface area contributed by atoms with Gasteiger partial charge in [0.05, 0.1) is 11.2 Å². The van der Waals surface area contributed by atoms with Crippen LogP contribution in [0.4, 0.5) is 4.79 Å². The van der Waals surface area contributed by atoms with E-state index in [9.17, 15) is 14.4 Å². The first-order chi connectivity index (χ1) is 11.0. The summed E-state index contributed by atoms with van der Waals surface area (Å²) in [4.78, 5) is 37.0. The van der Waals surface area contributed by atoms with E-state index in [4.69, 9.17) is 4.42 Å². The molecule has 6 nitrogen and oxygen atoms in total. The number of carbonyl (C=O) groups excluding carboxylic acids is 3. The van der Waals surface area contributed by atoms with Gasteiger partial charge in [-0.3, -0.25) is 19.3 Å². The van der Waals surface area contributed by atoms with Crippen molar-refractivity contribution >= 4 is 34.9 Å². The number of furan rings is 1. The molecule has 1 saturated heterocycles. The molecule has 122 valence electrons. The SMILES string of the molecule is CC(C)CNC(=O)CN1C(=O)S/C(=C\C=C\c2ccco2)C1=O. The lowest BCUT2D eigenvalue weighted by molar-refractivity contribution is -0.129. The minimum Gasteiger partial charge on any atom is -0.465 e. The molecule has 2 heterocycles. The highest BCUT2D eigenvalue weighted by Gasteiger charge is 2.35. The lowest BCUT2D eigenvalue weighted by Gasteiger charge is -2.13. The van der Waals surface area contributed by atoms with Crippen molar-refractivity contribution in [1.29, 1.82) is 0 Å². The Balaban J connectivity index is 1.95. The van der Waals surface area contributed by atoms with Crippen LogP contribution in [0.2, 0.25) is 0 Å². The van der Waals surface area contributed by atoms with Crippen LogP contribution >= 0.6 is 11.8 Å². The second-order valence-electron chi connectivity index (χ2n) is 5.36.